The molecule has 2 aromatic heterocycles. The summed E-state index contributed by atoms with van der Waals surface area (Å²) in [6.07, 6.45) is 1.11. The Bertz CT molecular complexity index is 663. The number of rotatable bonds is 4. The molecular formula is C16H16N2OS. The summed E-state index contributed by atoms with van der Waals surface area (Å²) in [7, 11) is 0. The average Bonchev–Trinajstić information content (AvgIpc) is 2.93. The second kappa shape index (κ2) is 5.71. The number of nitrogens with zero attached hydrogens (tertiary/aromatic N) is 1. The molecule has 1 aromatic carbocycles. The summed E-state index contributed by atoms with van der Waals surface area (Å²) in [5.74, 6) is -0.177. The van der Waals surface area contributed by atoms with E-state index in [1.807, 2.05) is 36.4 Å². The van der Waals surface area contributed by atoms with Gasteiger partial charge in [-0.2, -0.15) is 0 Å². The summed E-state index contributed by atoms with van der Waals surface area (Å²) in [4.78, 5) is 5.25. The third-order valence-electron chi connectivity index (χ3n) is 3.44. The second-order valence-corrected chi connectivity index (χ2v) is 5.84. The zero-order chi connectivity index (χ0) is 13.9. The van der Waals surface area contributed by atoms with Crippen LogP contribution in [0.5, 0.6) is 0 Å². The molecule has 20 heavy (non-hydrogen) atoms. The van der Waals surface area contributed by atoms with Crippen LogP contribution in [-0.2, 0) is 0 Å². The minimum Gasteiger partial charge on any atom is -0.387 e. The van der Waals surface area contributed by atoms with E-state index in [1.165, 1.54) is 4.70 Å². The Morgan fingerprint density at radius 3 is 2.65 bits per heavy atom. The van der Waals surface area contributed by atoms with Crippen molar-refractivity contribution in [2.24, 2.45) is 5.73 Å². The molecule has 0 bridgehead atoms. The maximum atomic E-state index is 10.6. The minimum absolute atomic E-state index is 0.177. The highest BCUT2D eigenvalue weighted by atomic mass is 32.1. The van der Waals surface area contributed by atoms with E-state index in [1.54, 1.807) is 17.5 Å². The average molecular weight is 284 g/mol. The van der Waals surface area contributed by atoms with Crippen LogP contribution in [0.25, 0.3) is 10.1 Å². The van der Waals surface area contributed by atoms with Gasteiger partial charge in [-0.05, 0) is 29.7 Å². The first-order chi connectivity index (χ1) is 9.79. The maximum Gasteiger partial charge on any atom is 0.0977 e. The Balaban J connectivity index is 1.95. The van der Waals surface area contributed by atoms with E-state index in [9.17, 15) is 5.11 Å². The predicted octanol–water partition coefficient (Wildman–Crippen LogP) is 3.07. The van der Waals surface area contributed by atoms with Gasteiger partial charge in [-0.15, -0.1) is 11.3 Å². The highest BCUT2D eigenvalue weighted by Crippen LogP contribution is 2.36. The number of thiophene rings is 1. The summed E-state index contributed by atoms with van der Waals surface area (Å²) >= 11 is 1.61. The van der Waals surface area contributed by atoms with Crippen LogP contribution in [0.1, 0.15) is 22.6 Å². The van der Waals surface area contributed by atoms with E-state index in [0.29, 0.717) is 6.54 Å². The third-order valence-corrected chi connectivity index (χ3v) is 4.63. The molecule has 2 atom stereocenters. The Morgan fingerprint density at radius 1 is 1.15 bits per heavy atom. The highest BCUT2D eigenvalue weighted by molar-refractivity contribution is 7.19. The van der Waals surface area contributed by atoms with Crippen molar-refractivity contribution in [1.82, 2.24) is 4.98 Å². The smallest absolute Gasteiger partial charge is 0.0977 e. The fourth-order valence-corrected chi connectivity index (χ4v) is 3.47. The van der Waals surface area contributed by atoms with E-state index >= 15 is 0 Å². The van der Waals surface area contributed by atoms with E-state index in [-0.39, 0.29) is 5.92 Å². The Kier molecular flexibility index (Phi) is 3.78. The summed E-state index contributed by atoms with van der Waals surface area (Å²) in [5.41, 5.74) is 6.68. The molecule has 0 fully saturated rings. The van der Waals surface area contributed by atoms with Crippen molar-refractivity contribution >= 4 is 21.4 Å². The van der Waals surface area contributed by atoms with Gasteiger partial charge in [0, 0.05) is 33.9 Å². The van der Waals surface area contributed by atoms with Gasteiger partial charge in [-0.3, -0.25) is 4.98 Å². The van der Waals surface area contributed by atoms with E-state index in [2.05, 4.69) is 17.1 Å². The van der Waals surface area contributed by atoms with Crippen LogP contribution in [0.15, 0.2) is 54.7 Å². The monoisotopic (exact) mass is 284 g/mol. The molecule has 0 aliphatic heterocycles. The van der Waals surface area contributed by atoms with E-state index in [4.69, 9.17) is 5.73 Å². The molecule has 0 aliphatic rings. The van der Waals surface area contributed by atoms with Gasteiger partial charge in [-0.25, -0.2) is 0 Å². The predicted molar refractivity (Wildman–Crippen MR) is 82.8 cm³/mol. The minimum atomic E-state index is -0.618. The topological polar surface area (TPSA) is 59.1 Å². The zero-order valence-electron chi connectivity index (χ0n) is 10.9. The first kappa shape index (κ1) is 13.2. The molecule has 0 spiro atoms. The summed E-state index contributed by atoms with van der Waals surface area (Å²) < 4.78 is 1.18. The van der Waals surface area contributed by atoms with E-state index < -0.39 is 6.10 Å². The Hall–Kier alpha value is -1.75. The Morgan fingerprint density at radius 2 is 1.95 bits per heavy atom. The molecule has 2 heterocycles. The summed E-state index contributed by atoms with van der Waals surface area (Å²) in [6, 6.07) is 15.9. The van der Waals surface area contributed by atoms with Crippen molar-refractivity contribution in [3.8, 4) is 0 Å². The van der Waals surface area contributed by atoms with Gasteiger partial charge in [0.2, 0.25) is 0 Å². The van der Waals surface area contributed by atoms with Crippen molar-refractivity contribution in [2.45, 2.75) is 12.0 Å². The van der Waals surface area contributed by atoms with Crippen molar-refractivity contribution in [1.29, 1.82) is 0 Å². The number of pyridine rings is 1. The third kappa shape index (κ3) is 2.45. The van der Waals surface area contributed by atoms with Gasteiger partial charge in [-0.1, -0.05) is 24.3 Å². The first-order valence-electron chi connectivity index (χ1n) is 6.57. The normalized spacial score (nSPS) is 14.3. The summed E-state index contributed by atoms with van der Waals surface area (Å²) in [6.45, 7) is 0.367. The van der Waals surface area contributed by atoms with Gasteiger partial charge >= 0.3 is 0 Å². The standard InChI is InChI=1S/C16H16N2OS/c17-10-12(13-6-3-4-8-18-13)16(19)15-9-11-5-1-2-7-14(11)20-15/h1-9,12,16,19H,10,17H2. The van der Waals surface area contributed by atoms with Crippen LogP contribution in [0.3, 0.4) is 0 Å². The van der Waals surface area contributed by atoms with Gasteiger partial charge in [0.05, 0.1) is 6.10 Å². The van der Waals surface area contributed by atoms with Crippen molar-refractivity contribution in [3.63, 3.8) is 0 Å². The molecule has 3 nitrogen and oxygen atoms in total. The lowest BCUT2D eigenvalue weighted by atomic mass is 9.96. The summed E-state index contributed by atoms with van der Waals surface area (Å²) in [5, 5.41) is 11.8. The van der Waals surface area contributed by atoms with Crippen LogP contribution in [0.2, 0.25) is 0 Å². The lowest BCUT2D eigenvalue weighted by Crippen LogP contribution is -2.20. The van der Waals surface area contributed by atoms with Crippen LogP contribution in [0.4, 0.5) is 0 Å². The number of hydrogen-bond donors (Lipinski definition) is 2. The van der Waals surface area contributed by atoms with Gasteiger partial charge in [0.1, 0.15) is 0 Å². The molecule has 2 unspecified atom stereocenters. The number of fused-ring (bicyclic) bond motifs is 1. The highest BCUT2D eigenvalue weighted by Gasteiger charge is 2.24. The zero-order valence-corrected chi connectivity index (χ0v) is 11.8. The number of hydrogen-bond acceptors (Lipinski definition) is 4. The van der Waals surface area contributed by atoms with Crippen molar-refractivity contribution < 1.29 is 5.11 Å². The lowest BCUT2D eigenvalue weighted by molar-refractivity contribution is 0.149. The Labute approximate surface area is 121 Å². The lowest BCUT2D eigenvalue weighted by Gasteiger charge is -2.19. The van der Waals surface area contributed by atoms with Gasteiger partial charge in [0.25, 0.3) is 0 Å². The molecule has 0 radical (unpaired) electrons. The molecule has 0 aliphatic carbocycles. The fourth-order valence-electron chi connectivity index (χ4n) is 2.35. The van der Waals surface area contributed by atoms with Gasteiger partial charge in [0.15, 0.2) is 0 Å². The largest absolute Gasteiger partial charge is 0.387 e. The molecule has 102 valence electrons. The number of nitrogens with two attached hydrogens (primary N) is 1. The van der Waals surface area contributed by atoms with Crippen molar-refractivity contribution in [3.05, 3.63) is 65.3 Å². The molecular weight excluding hydrogens is 268 g/mol. The number of benzene rings is 1. The SMILES string of the molecule is NCC(c1ccccn1)C(O)c1cc2ccccc2s1. The van der Waals surface area contributed by atoms with Gasteiger partial charge < -0.3 is 10.8 Å². The molecule has 3 aromatic rings. The fraction of sp³-hybridized carbons (Fsp3) is 0.188. The van der Waals surface area contributed by atoms with Crippen LogP contribution in [0, 0.1) is 0 Å². The van der Waals surface area contributed by atoms with Crippen LogP contribution in [-0.4, -0.2) is 16.6 Å². The van der Waals surface area contributed by atoms with Crippen LogP contribution < -0.4 is 5.73 Å². The number of aliphatic hydroxyl groups excluding tert-OH is 1. The second-order valence-electron chi connectivity index (χ2n) is 4.73. The molecule has 3 rings (SSSR count). The number of aliphatic hydroxyl groups is 1. The molecule has 0 amide bonds. The molecule has 0 saturated carbocycles. The molecule has 3 N–H and O–H groups in total. The molecule has 0 saturated heterocycles. The van der Waals surface area contributed by atoms with Crippen LogP contribution >= 0.6 is 11.3 Å². The maximum absolute atomic E-state index is 10.6. The van der Waals surface area contributed by atoms with E-state index in [0.717, 1.165) is 16.0 Å². The first-order valence-corrected chi connectivity index (χ1v) is 7.39. The quantitative estimate of drug-likeness (QED) is 0.774. The molecule has 4 heteroatoms. The van der Waals surface area contributed by atoms with Crippen molar-refractivity contribution in [2.75, 3.05) is 6.54 Å². The number of aromatic nitrogens is 1.